The summed E-state index contributed by atoms with van der Waals surface area (Å²) in [5.41, 5.74) is 0.493. The highest BCUT2D eigenvalue weighted by molar-refractivity contribution is 5.95. The van der Waals surface area contributed by atoms with Gasteiger partial charge < -0.3 is 15.5 Å². The number of hydrogen-bond donors (Lipinski definition) is 3. The number of nitrogens with one attached hydrogen (secondary N) is 1. The Morgan fingerprint density at radius 2 is 1.67 bits per heavy atom. The second-order valence-electron chi connectivity index (χ2n) is 6.05. The van der Waals surface area contributed by atoms with Gasteiger partial charge in [0.25, 0.3) is 5.91 Å². The third-order valence-electron chi connectivity index (χ3n) is 4.53. The van der Waals surface area contributed by atoms with Crippen LogP contribution in [0.25, 0.3) is 0 Å². The van der Waals surface area contributed by atoms with Gasteiger partial charge in [0.05, 0.1) is 0 Å². The molecular weight excluding hydrogens is 230 g/mol. The fourth-order valence-corrected chi connectivity index (χ4v) is 2.44. The van der Waals surface area contributed by atoms with Crippen molar-refractivity contribution in [1.82, 2.24) is 5.32 Å². The normalized spacial score (nSPS) is 20.4. The molecule has 1 aliphatic rings. The number of hydrogen-bond acceptors (Lipinski definition) is 3. The van der Waals surface area contributed by atoms with E-state index in [1.54, 1.807) is 0 Å². The highest BCUT2D eigenvalue weighted by Gasteiger charge is 2.65. The maximum atomic E-state index is 12.0. The summed E-state index contributed by atoms with van der Waals surface area (Å²) in [7, 11) is 0. The van der Waals surface area contributed by atoms with E-state index in [2.05, 4.69) is 33.0 Å². The van der Waals surface area contributed by atoms with Crippen molar-refractivity contribution >= 4 is 5.91 Å². The van der Waals surface area contributed by atoms with Crippen LogP contribution in [0.5, 0.6) is 11.5 Å². The third-order valence-corrected chi connectivity index (χ3v) is 4.53. The van der Waals surface area contributed by atoms with Gasteiger partial charge in [0, 0.05) is 11.6 Å². The second kappa shape index (κ2) is 3.64. The Hall–Kier alpha value is -1.71. The average molecular weight is 249 g/mol. The minimum Gasteiger partial charge on any atom is -0.504 e. The summed E-state index contributed by atoms with van der Waals surface area (Å²) >= 11 is 0. The minimum absolute atomic E-state index is 0.0711. The zero-order valence-electron chi connectivity index (χ0n) is 11.1. The molecule has 1 saturated carbocycles. The largest absolute Gasteiger partial charge is 0.504 e. The van der Waals surface area contributed by atoms with E-state index in [9.17, 15) is 15.0 Å². The van der Waals surface area contributed by atoms with Crippen LogP contribution in [0.4, 0.5) is 0 Å². The van der Waals surface area contributed by atoms with E-state index in [0.29, 0.717) is 5.56 Å². The Balaban J connectivity index is 2.12. The van der Waals surface area contributed by atoms with Crippen molar-refractivity contribution in [3.63, 3.8) is 0 Å². The molecule has 0 heterocycles. The van der Waals surface area contributed by atoms with Gasteiger partial charge in [0.1, 0.15) is 0 Å². The van der Waals surface area contributed by atoms with Gasteiger partial charge in [-0.1, -0.05) is 27.7 Å². The van der Waals surface area contributed by atoms with Crippen LogP contribution >= 0.6 is 0 Å². The topological polar surface area (TPSA) is 69.6 Å². The number of amides is 1. The summed E-state index contributed by atoms with van der Waals surface area (Å²) in [5, 5.41) is 21.5. The first kappa shape index (κ1) is 12.7. The molecule has 4 nitrogen and oxygen atoms in total. The molecule has 0 spiro atoms. The average Bonchev–Trinajstić information content (AvgIpc) is 2.65. The molecular formula is C14H19NO3. The molecule has 0 bridgehead atoms. The van der Waals surface area contributed by atoms with Crippen LogP contribution in [0.1, 0.15) is 38.1 Å². The number of carbonyl (C=O) groups excluding carboxylic acids is 1. The van der Waals surface area contributed by atoms with Gasteiger partial charge in [-0.15, -0.1) is 0 Å². The zero-order chi connectivity index (χ0) is 13.7. The maximum Gasteiger partial charge on any atom is 0.251 e. The molecule has 1 aromatic carbocycles. The van der Waals surface area contributed by atoms with E-state index in [0.717, 1.165) is 0 Å². The molecule has 2 rings (SSSR count). The number of phenolic OH excluding ortho intramolecular Hbond substituents is 2. The molecule has 0 atom stereocenters. The molecule has 18 heavy (non-hydrogen) atoms. The molecule has 1 aromatic rings. The van der Waals surface area contributed by atoms with Gasteiger partial charge in [0.15, 0.2) is 11.5 Å². The monoisotopic (exact) mass is 249 g/mol. The van der Waals surface area contributed by atoms with Crippen molar-refractivity contribution < 1.29 is 15.0 Å². The SMILES string of the molecule is CC1(C)C(NC(=O)c2ccc(O)c(O)c2)C1(C)C. The molecule has 0 aromatic heterocycles. The van der Waals surface area contributed by atoms with Gasteiger partial charge in [-0.2, -0.15) is 0 Å². The Morgan fingerprint density at radius 3 is 2.11 bits per heavy atom. The fraction of sp³-hybridized carbons (Fsp3) is 0.500. The van der Waals surface area contributed by atoms with E-state index in [1.165, 1.54) is 18.2 Å². The molecule has 1 aliphatic carbocycles. The predicted octanol–water partition coefficient (Wildman–Crippen LogP) is 2.26. The number of rotatable bonds is 2. The summed E-state index contributed by atoms with van der Waals surface area (Å²) in [4.78, 5) is 12.0. The lowest BCUT2D eigenvalue weighted by molar-refractivity contribution is 0.0943. The van der Waals surface area contributed by atoms with E-state index >= 15 is 0 Å². The van der Waals surface area contributed by atoms with Crippen molar-refractivity contribution in [2.75, 3.05) is 0 Å². The highest BCUT2D eigenvalue weighted by Crippen LogP contribution is 2.62. The van der Waals surface area contributed by atoms with Crippen molar-refractivity contribution in [2.24, 2.45) is 10.8 Å². The second-order valence-corrected chi connectivity index (χ2v) is 6.05. The minimum atomic E-state index is -0.281. The lowest BCUT2D eigenvalue weighted by atomic mass is 10.0. The highest BCUT2D eigenvalue weighted by atomic mass is 16.3. The smallest absolute Gasteiger partial charge is 0.251 e. The molecule has 3 N–H and O–H groups in total. The number of aromatic hydroxyl groups is 2. The van der Waals surface area contributed by atoms with Crippen molar-refractivity contribution in [3.05, 3.63) is 23.8 Å². The molecule has 98 valence electrons. The summed E-state index contributed by atoms with van der Waals surface area (Å²) in [5.74, 6) is -0.732. The summed E-state index contributed by atoms with van der Waals surface area (Å²) in [6.07, 6.45) is 0. The van der Waals surface area contributed by atoms with E-state index < -0.39 is 0 Å². The standard InChI is InChI=1S/C14H19NO3/c1-13(2)12(14(13,3)4)15-11(18)8-5-6-9(16)10(17)7-8/h5-7,12,16-17H,1-4H3,(H,15,18). The van der Waals surface area contributed by atoms with E-state index in [4.69, 9.17) is 0 Å². The van der Waals surface area contributed by atoms with Crippen LogP contribution in [-0.4, -0.2) is 22.2 Å². The first-order chi connectivity index (χ1) is 8.18. The molecule has 0 unspecified atom stereocenters. The summed E-state index contributed by atoms with van der Waals surface area (Å²) < 4.78 is 0. The lowest BCUT2D eigenvalue weighted by Crippen LogP contribution is -2.29. The van der Waals surface area contributed by atoms with Crippen LogP contribution < -0.4 is 5.32 Å². The molecule has 0 aliphatic heterocycles. The zero-order valence-corrected chi connectivity index (χ0v) is 11.1. The molecule has 1 fully saturated rings. The molecule has 4 heteroatoms. The first-order valence-electron chi connectivity index (χ1n) is 6.01. The fourth-order valence-electron chi connectivity index (χ4n) is 2.44. The van der Waals surface area contributed by atoms with Gasteiger partial charge in [-0.3, -0.25) is 4.79 Å². The quantitative estimate of drug-likeness (QED) is 0.704. The Labute approximate surface area is 107 Å². The van der Waals surface area contributed by atoms with E-state index in [1.807, 2.05) is 0 Å². The molecule has 0 saturated heterocycles. The first-order valence-corrected chi connectivity index (χ1v) is 6.01. The van der Waals surface area contributed by atoms with Gasteiger partial charge in [-0.25, -0.2) is 0 Å². The van der Waals surface area contributed by atoms with Crippen LogP contribution in [0, 0.1) is 10.8 Å². The molecule has 0 radical (unpaired) electrons. The van der Waals surface area contributed by atoms with Gasteiger partial charge in [0.2, 0.25) is 0 Å². The summed E-state index contributed by atoms with van der Waals surface area (Å²) in [6, 6.07) is 4.20. The van der Waals surface area contributed by atoms with E-state index in [-0.39, 0.29) is 34.3 Å². The Morgan fingerprint density at radius 1 is 1.11 bits per heavy atom. The maximum absolute atomic E-state index is 12.0. The lowest BCUT2D eigenvalue weighted by Gasteiger charge is -2.07. The van der Waals surface area contributed by atoms with Crippen molar-refractivity contribution in [2.45, 2.75) is 33.7 Å². The Kier molecular flexibility index (Phi) is 2.58. The number of carbonyl (C=O) groups is 1. The van der Waals surface area contributed by atoms with Crippen molar-refractivity contribution in [3.8, 4) is 11.5 Å². The van der Waals surface area contributed by atoms with Crippen LogP contribution in [0.15, 0.2) is 18.2 Å². The molecule has 1 amide bonds. The summed E-state index contributed by atoms with van der Waals surface area (Å²) in [6.45, 7) is 8.47. The van der Waals surface area contributed by atoms with Crippen LogP contribution in [0.2, 0.25) is 0 Å². The number of benzene rings is 1. The van der Waals surface area contributed by atoms with Gasteiger partial charge in [-0.05, 0) is 29.0 Å². The van der Waals surface area contributed by atoms with Crippen molar-refractivity contribution in [1.29, 1.82) is 0 Å². The van der Waals surface area contributed by atoms with Crippen LogP contribution in [0.3, 0.4) is 0 Å². The van der Waals surface area contributed by atoms with Crippen LogP contribution in [-0.2, 0) is 0 Å². The third kappa shape index (κ3) is 1.72. The number of phenols is 2. The predicted molar refractivity (Wildman–Crippen MR) is 68.6 cm³/mol. The van der Waals surface area contributed by atoms with Gasteiger partial charge >= 0.3 is 0 Å². The Bertz CT molecular complexity index is 492.